The van der Waals surface area contributed by atoms with Crippen LogP contribution in [-0.4, -0.2) is 45.2 Å². The Balaban J connectivity index is 1.58. The molecule has 3 aliphatic rings. The molecule has 0 radical (unpaired) electrons. The molecule has 0 atom stereocenters. The van der Waals surface area contributed by atoms with Crippen LogP contribution in [0.1, 0.15) is 80.8 Å². The second kappa shape index (κ2) is 10.3. The topological polar surface area (TPSA) is 121 Å². The van der Waals surface area contributed by atoms with Crippen molar-refractivity contribution in [2.24, 2.45) is 10.8 Å². The van der Waals surface area contributed by atoms with Gasteiger partial charge in [-0.2, -0.15) is 0 Å². The van der Waals surface area contributed by atoms with Crippen LogP contribution in [0.2, 0.25) is 0 Å². The molecule has 5 rings (SSSR count). The molecular weight excluding hydrogens is 522 g/mol. The van der Waals surface area contributed by atoms with Crippen molar-refractivity contribution in [1.29, 1.82) is 0 Å². The lowest BCUT2D eigenvalue weighted by molar-refractivity contribution is -0.138. The molecule has 1 aliphatic heterocycles. The van der Waals surface area contributed by atoms with Gasteiger partial charge in [0.25, 0.3) is 0 Å². The van der Waals surface area contributed by atoms with E-state index in [2.05, 4.69) is 0 Å². The highest BCUT2D eigenvalue weighted by atomic mass is 16.5. The number of rotatable bonds is 7. The van der Waals surface area contributed by atoms with Crippen molar-refractivity contribution >= 4 is 23.5 Å². The molecule has 41 heavy (non-hydrogen) atoms. The Morgan fingerprint density at radius 1 is 0.854 bits per heavy atom. The van der Waals surface area contributed by atoms with Crippen molar-refractivity contribution in [3.8, 4) is 5.75 Å². The van der Waals surface area contributed by atoms with E-state index in [0.29, 0.717) is 54.0 Å². The van der Waals surface area contributed by atoms with Crippen LogP contribution in [0, 0.1) is 10.8 Å². The minimum atomic E-state index is -1.01. The number of carbonyl (C=O) groups is 4. The lowest BCUT2D eigenvalue weighted by Gasteiger charge is -2.48. The van der Waals surface area contributed by atoms with E-state index in [-0.39, 0.29) is 41.1 Å². The van der Waals surface area contributed by atoms with E-state index >= 15 is 0 Å². The van der Waals surface area contributed by atoms with Gasteiger partial charge < -0.3 is 19.8 Å². The molecule has 0 bridgehead atoms. The van der Waals surface area contributed by atoms with E-state index in [1.807, 2.05) is 45.9 Å². The molecule has 2 aromatic carbocycles. The van der Waals surface area contributed by atoms with Crippen LogP contribution in [0.15, 0.2) is 71.1 Å². The van der Waals surface area contributed by atoms with Crippen molar-refractivity contribution in [2.45, 2.75) is 65.9 Å². The zero-order chi connectivity index (χ0) is 29.7. The maximum atomic E-state index is 13.8. The van der Waals surface area contributed by atoms with E-state index in [0.717, 1.165) is 11.1 Å². The van der Waals surface area contributed by atoms with Crippen LogP contribution in [0.3, 0.4) is 0 Å². The summed E-state index contributed by atoms with van der Waals surface area (Å²) in [4.78, 5) is 52.5. The van der Waals surface area contributed by atoms with Gasteiger partial charge in [-0.3, -0.25) is 14.4 Å². The highest BCUT2D eigenvalue weighted by Gasteiger charge is 2.49. The van der Waals surface area contributed by atoms with Gasteiger partial charge in [-0.15, -0.1) is 0 Å². The van der Waals surface area contributed by atoms with E-state index in [4.69, 9.17) is 9.84 Å². The van der Waals surface area contributed by atoms with Crippen LogP contribution in [0.5, 0.6) is 5.75 Å². The summed E-state index contributed by atoms with van der Waals surface area (Å²) >= 11 is 0. The molecule has 2 aromatic rings. The Morgan fingerprint density at radius 2 is 1.41 bits per heavy atom. The Bertz CT molecular complexity index is 1460. The molecule has 0 aromatic heterocycles. The summed E-state index contributed by atoms with van der Waals surface area (Å²) in [6.07, 6.45) is 1.69. The van der Waals surface area contributed by atoms with Gasteiger partial charge in [0.2, 0.25) is 0 Å². The first-order valence-corrected chi connectivity index (χ1v) is 13.8. The number of allylic oxidation sites excluding steroid dienone is 4. The molecule has 2 N–H and O–H groups in total. The van der Waals surface area contributed by atoms with Gasteiger partial charge in [0.05, 0.1) is 5.56 Å². The van der Waals surface area contributed by atoms with Gasteiger partial charge in [0.1, 0.15) is 18.9 Å². The third-order valence-electron chi connectivity index (χ3n) is 8.11. The number of ether oxygens (including phenoxy) is 1. The number of Topliss-reactive ketones (excluding diaryl/α,β-unsaturated/α-hetero) is 2. The highest BCUT2D eigenvalue weighted by molar-refractivity contribution is 6.07. The predicted octanol–water partition coefficient (Wildman–Crippen LogP) is 5.73. The SMILES string of the molecule is CC1(C)CC(=O)C2=C(C1)N(CC(=O)O)C1=C(C(=O)CC(C)(C)C1)C2c1cccc(OCc2ccc(C(=O)O)cc2)c1. The van der Waals surface area contributed by atoms with Crippen molar-refractivity contribution in [2.75, 3.05) is 6.54 Å². The average Bonchev–Trinajstić information content (AvgIpc) is 2.87. The summed E-state index contributed by atoms with van der Waals surface area (Å²) in [6, 6.07) is 13.8. The van der Waals surface area contributed by atoms with Gasteiger partial charge in [0.15, 0.2) is 11.6 Å². The number of hydrogen-bond acceptors (Lipinski definition) is 6. The Morgan fingerprint density at radius 3 is 1.93 bits per heavy atom. The Labute approximate surface area is 239 Å². The van der Waals surface area contributed by atoms with Gasteiger partial charge in [-0.1, -0.05) is 52.0 Å². The first-order chi connectivity index (χ1) is 19.2. The number of carbonyl (C=O) groups excluding carboxylic acids is 2. The third-order valence-corrected chi connectivity index (χ3v) is 8.11. The van der Waals surface area contributed by atoms with E-state index in [1.165, 1.54) is 12.1 Å². The number of aliphatic carboxylic acids is 1. The van der Waals surface area contributed by atoms with Crippen LogP contribution in [0.25, 0.3) is 0 Å². The lowest BCUT2D eigenvalue weighted by atomic mass is 9.63. The number of carboxylic acid groups (broad SMARTS) is 2. The zero-order valence-electron chi connectivity index (χ0n) is 23.8. The molecule has 0 saturated heterocycles. The maximum absolute atomic E-state index is 13.8. The summed E-state index contributed by atoms with van der Waals surface area (Å²) in [5.74, 6) is -2.19. The van der Waals surface area contributed by atoms with Crippen molar-refractivity contribution in [1.82, 2.24) is 4.90 Å². The van der Waals surface area contributed by atoms with Crippen LogP contribution in [0.4, 0.5) is 0 Å². The standard InChI is InChI=1S/C33H35NO7/c1-32(2)13-23-29(25(35)15-32)28(30-24(34(23)17-27(37)38)14-33(3,4)16-26(30)36)21-6-5-7-22(12-21)41-18-19-8-10-20(11-9-19)31(39)40/h5-12,28H,13-18H2,1-4H3,(H,37,38)(H,39,40). The highest BCUT2D eigenvalue weighted by Crippen LogP contribution is 2.54. The molecule has 0 amide bonds. The number of nitrogens with zero attached hydrogens (tertiary/aromatic N) is 1. The van der Waals surface area contributed by atoms with Crippen LogP contribution in [-0.2, 0) is 21.0 Å². The van der Waals surface area contributed by atoms with Gasteiger partial charge >= 0.3 is 11.9 Å². The molecule has 214 valence electrons. The summed E-state index contributed by atoms with van der Waals surface area (Å²) in [5, 5.41) is 19.0. The minimum absolute atomic E-state index is 0.0642. The normalized spacial score (nSPS) is 20.0. The summed E-state index contributed by atoms with van der Waals surface area (Å²) in [7, 11) is 0. The monoisotopic (exact) mass is 557 g/mol. The fourth-order valence-corrected chi connectivity index (χ4v) is 6.40. The average molecular weight is 558 g/mol. The molecule has 8 heteroatoms. The van der Waals surface area contributed by atoms with Gasteiger partial charge in [-0.05, 0) is 59.1 Å². The first kappa shape index (κ1) is 28.3. The smallest absolute Gasteiger partial charge is 0.335 e. The summed E-state index contributed by atoms with van der Waals surface area (Å²) in [6.45, 7) is 7.96. The second-order valence-electron chi connectivity index (χ2n) is 12.9. The van der Waals surface area contributed by atoms with E-state index in [9.17, 15) is 24.3 Å². The lowest BCUT2D eigenvalue weighted by Crippen LogP contribution is -2.45. The molecule has 0 saturated carbocycles. The molecule has 0 spiro atoms. The van der Waals surface area contributed by atoms with Crippen molar-refractivity contribution in [3.05, 3.63) is 87.8 Å². The molecule has 1 heterocycles. The molecule has 0 fully saturated rings. The zero-order valence-corrected chi connectivity index (χ0v) is 23.8. The maximum Gasteiger partial charge on any atom is 0.335 e. The molecule has 0 unspecified atom stereocenters. The van der Waals surface area contributed by atoms with Crippen molar-refractivity contribution in [3.63, 3.8) is 0 Å². The largest absolute Gasteiger partial charge is 0.489 e. The number of benzene rings is 2. The Kier molecular flexibility index (Phi) is 7.14. The summed E-state index contributed by atoms with van der Waals surface area (Å²) in [5.41, 5.74) is 3.48. The minimum Gasteiger partial charge on any atom is -0.489 e. The van der Waals surface area contributed by atoms with Crippen LogP contribution >= 0.6 is 0 Å². The Hall–Kier alpha value is -4.20. The van der Waals surface area contributed by atoms with E-state index < -0.39 is 17.9 Å². The number of hydrogen-bond donors (Lipinski definition) is 2. The first-order valence-electron chi connectivity index (χ1n) is 13.8. The molecule has 8 nitrogen and oxygen atoms in total. The number of aromatic carboxylic acids is 1. The predicted molar refractivity (Wildman–Crippen MR) is 151 cm³/mol. The summed E-state index contributed by atoms with van der Waals surface area (Å²) < 4.78 is 6.05. The number of ketones is 2. The van der Waals surface area contributed by atoms with E-state index in [1.54, 1.807) is 23.1 Å². The number of carboxylic acids is 2. The fraction of sp³-hybridized carbons (Fsp3) is 0.394. The van der Waals surface area contributed by atoms with Crippen LogP contribution < -0.4 is 4.74 Å². The fourth-order valence-electron chi connectivity index (χ4n) is 6.40. The molecular formula is C33H35NO7. The van der Waals surface area contributed by atoms with Gasteiger partial charge in [-0.25, -0.2) is 4.79 Å². The molecule has 2 aliphatic carbocycles. The van der Waals surface area contributed by atoms with Crippen molar-refractivity contribution < 1.29 is 34.1 Å². The third kappa shape index (κ3) is 5.69. The van der Waals surface area contributed by atoms with Gasteiger partial charge in [0, 0.05) is 41.3 Å². The quantitative estimate of drug-likeness (QED) is 0.443. The second-order valence-corrected chi connectivity index (χ2v) is 12.9.